The summed E-state index contributed by atoms with van der Waals surface area (Å²) < 4.78 is 26.2. The van der Waals surface area contributed by atoms with E-state index in [0.29, 0.717) is 4.88 Å². The van der Waals surface area contributed by atoms with Gasteiger partial charge >= 0.3 is 0 Å². The number of thiophene rings is 1. The van der Waals surface area contributed by atoms with Crippen molar-refractivity contribution in [1.82, 2.24) is 10.2 Å². The lowest BCUT2D eigenvalue weighted by atomic mass is 10.5. The van der Waals surface area contributed by atoms with Gasteiger partial charge in [-0.2, -0.15) is 0 Å². The maximum absolute atomic E-state index is 11.9. The summed E-state index contributed by atoms with van der Waals surface area (Å²) in [6, 6.07) is 3.02. The molecule has 0 aliphatic heterocycles. The summed E-state index contributed by atoms with van der Waals surface area (Å²) in [6.45, 7) is 0. The van der Waals surface area contributed by atoms with E-state index in [9.17, 15) is 8.42 Å². The van der Waals surface area contributed by atoms with E-state index in [2.05, 4.69) is 14.9 Å². The minimum Gasteiger partial charge on any atom is -0.389 e. The third-order valence-corrected chi connectivity index (χ3v) is 5.71. The van der Waals surface area contributed by atoms with Crippen molar-refractivity contribution in [3.63, 3.8) is 0 Å². The minimum atomic E-state index is -3.63. The van der Waals surface area contributed by atoms with Gasteiger partial charge in [0.25, 0.3) is 10.0 Å². The van der Waals surface area contributed by atoms with Crippen LogP contribution in [0.3, 0.4) is 0 Å². The van der Waals surface area contributed by atoms with E-state index >= 15 is 0 Å². The number of rotatable bonds is 4. The fraction of sp³-hybridized carbons (Fsp3) is 0. The van der Waals surface area contributed by atoms with Gasteiger partial charge in [-0.25, -0.2) is 8.42 Å². The number of aromatic nitrogens is 2. The Kier molecular flexibility index (Phi) is 3.38. The monoisotopic (exact) mass is 306 g/mol. The first kappa shape index (κ1) is 12.4. The van der Waals surface area contributed by atoms with E-state index in [1.165, 1.54) is 11.6 Å². The van der Waals surface area contributed by atoms with Gasteiger partial charge < -0.3 is 5.73 Å². The molecule has 2 rings (SSSR count). The van der Waals surface area contributed by atoms with Crippen LogP contribution in [0.15, 0.2) is 21.9 Å². The summed E-state index contributed by atoms with van der Waals surface area (Å²) in [4.78, 5) is 0.727. The van der Waals surface area contributed by atoms with Crippen LogP contribution < -0.4 is 10.5 Å². The molecule has 0 fully saturated rings. The predicted molar refractivity (Wildman–Crippen MR) is 70.9 cm³/mol. The molecule has 3 N–H and O–H groups in total. The molecule has 0 saturated heterocycles. The van der Waals surface area contributed by atoms with Gasteiger partial charge in [0.15, 0.2) is 0 Å². The molecule has 90 valence electrons. The molecule has 0 spiro atoms. The Hall–Kier alpha value is -1.10. The van der Waals surface area contributed by atoms with Crippen molar-refractivity contribution in [3.05, 3.63) is 22.5 Å². The molecular formula is C7H6N4O2S4. The molecule has 6 nitrogen and oxygen atoms in total. The maximum Gasteiger partial charge on any atom is 0.273 e. The minimum absolute atomic E-state index is 0.135. The van der Waals surface area contributed by atoms with E-state index in [1.54, 1.807) is 6.07 Å². The first-order chi connectivity index (χ1) is 7.99. The SMILES string of the molecule is NC(=S)c1ccc(S(=O)(=O)Nc2nncs2)s1. The highest BCUT2D eigenvalue weighted by molar-refractivity contribution is 7.95. The highest BCUT2D eigenvalue weighted by Gasteiger charge is 2.18. The highest BCUT2D eigenvalue weighted by Crippen LogP contribution is 2.24. The summed E-state index contributed by atoms with van der Waals surface area (Å²) in [5.74, 6) is 0. The Morgan fingerprint density at radius 1 is 1.47 bits per heavy atom. The molecule has 10 heteroatoms. The topological polar surface area (TPSA) is 98.0 Å². The second kappa shape index (κ2) is 4.64. The number of nitrogens with one attached hydrogen (secondary N) is 1. The summed E-state index contributed by atoms with van der Waals surface area (Å²) in [5, 5.41) is 7.36. The van der Waals surface area contributed by atoms with Crippen LogP contribution in [0.5, 0.6) is 0 Å². The first-order valence-electron chi connectivity index (χ1n) is 4.17. The number of hydrogen-bond acceptors (Lipinski definition) is 7. The van der Waals surface area contributed by atoms with E-state index in [-0.39, 0.29) is 14.3 Å². The molecule has 0 radical (unpaired) electrons. The molecule has 0 atom stereocenters. The molecule has 2 aromatic rings. The van der Waals surface area contributed by atoms with Crippen molar-refractivity contribution in [2.75, 3.05) is 4.72 Å². The second-order valence-electron chi connectivity index (χ2n) is 2.83. The standard InChI is InChI=1S/C7H6N4O2S4/c8-6(14)4-1-2-5(16-4)17(12,13)11-7-10-9-3-15-7/h1-3H,(H2,8,14)(H,10,11). The second-order valence-corrected chi connectivity index (χ2v) is 7.10. The van der Waals surface area contributed by atoms with Gasteiger partial charge in [-0.15, -0.1) is 21.5 Å². The molecule has 0 aliphatic rings. The highest BCUT2D eigenvalue weighted by atomic mass is 32.2. The fourth-order valence-electron chi connectivity index (χ4n) is 0.980. The zero-order chi connectivity index (χ0) is 12.5. The normalized spacial score (nSPS) is 11.3. The largest absolute Gasteiger partial charge is 0.389 e. The summed E-state index contributed by atoms with van der Waals surface area (Å²) in [7, 11) is -3.63. The lowest BCUT2D eigenvalue weighted by molar-refractivity contribution is 0.603. The van der Waals surface area contributed by atoms with Gasteiger partial charge in [0.05, 0.1) is 4.88 Å². The van der Waals surface area contributed by atoms with E-state index < -0.39 is 10.0 Å². The summed E-state index contributed by atoms with van der Waals surface area (Å²) in [5.41, 5.74) is 6.85. The molecule has 0 amide bonds. The Labute approximate surface area is 111 Å². The van der Waals surface area contributed by atoms with Crippen LogP contribution in [0.1, 0.15) is 4.88 Å². The van der Waals surface area contributed by atoms with Gasteiger partial charge in [-0.3, -0.25) is 4.72 Å². The fourth-order valence-corrected chi connectivity index (χ4v) is 4.02. The van der Waals surface area contributed by atoms with Crippen molar-refractivity contribution in [3.8, 4) is 0 Å². The molecule has 0 bridgehead atoms. The first-order valence-corrected chi connectivity index (χ1v) is 7.76. The molecule has 0 aromatic carbocycles. The average Bonchev–Trinajstić information content (AvgIpc) is 2.84. The number of hydrogen-bond donors (Lipinski definition) is 2. The van der Waals surface area contributed by atoms with Crippen LogP contribution in [0.25, 0.3) is 0 Å². The van der Waals surface area contributed by atoms with Gasteiger partial charge in [-0.1, -0.05) is 23.6 Å². The van der Waals surface area contributed by atoms with Crippen molar-refractivity contribution >= 4 is 55.0 Å². The van der Waals surface area contributed by atoms with Crippen LogP contribution in [-0.4, -0.2) is 23.6 Å². The van der Waals surface area contributed by atoms with Gasteiger partial charge in [0, 0.05) is 0 Å². The number of anilines is 1. The van der Waals surface area contributed by atoms with E-state index in [1.807, 2.05) is 0 Å². The number of nitrogens with zero attached hydrogens (tertiary/aromatic N) is 2. The molecule has 2 heterocycles. The van der Waals surface area contributed by atoms with Gasteiger partial charge in [0.1, 0.15) is 14.7 Å². The van der Waals surface area contributed by atoms with Gasteiger partial charge in [0.2, 0.25) is 5.13 Å². The molecule has 0 saturated carbocycles. The van der Waals surface area contributed by atoms with Crippen LogP contribution in [0.4, 0.5) is 5.13 Å². The third-order valence-electron chi connectivity index (χ3n) is 1.67. The van der Waals surface area contributed by atoms with E-state index in [4.69, 9.17) is 18.0 Å². The van der Waals surface area contributed by atoms with Crippen LogP contribution in [0.2, 0.25) is 0 Å². The van der Waals surface area contributed by atoms with Crippen molar-refractivity contribution in [1.29, 1.82) is 0 Å². The third kappa shape index (κ3) is 2.77. The summed E-state index contributed by atoms with van der Waals surface area (Å²) >= 11 is 6.88. The van der Waals surface area contributed by atoms with Crippen molar-refractivity contribution in [2.45, 2.75) is 4.21 Å². The Bertz CT molecular complexity index is 631. The Morgan fingerprint density at radius 2 is 2.24 bits per heavy atom. The van der Waals surface area contributed by atoms with Crippen LogP contribution >= 0.6 is 34.9 Å². The molecular weight excluding hydrogens is 300 g/mol. The van der Waals surface area contributed by atoms with E-state index in [0.717, 1.165) is 22.7 Å². The average molecular weight is 306 g/mol. The molecule has 0 unspecified atom stereocenters. The zero-order valence-electron chi connectivity index (χ0n) is 8.15. The Balaban J connectivity index is 2.28. The quantitative estimate of drug-likeness (QED) is 0.819. The van der Waals surface area contributed by atoms with Gasteiger partial charge in [-0.05, 0) is 12.1 Å². The number of sulfonamides is 1. The summed E-state index contributed by atoms with van der Waals surface area (Å²) in [6.07, 6.45) is 0. The predicted octanol–water partition coefficient (Wildman–Crippen LogP) is 1.03. The number of thiocarbonyl (C=S) groups is 1. The van der Waals surface area contributed by atoms with Crippen molar-refractivity contribution < 1.29 is 8.42 Å². The van der Waals surface area contributed by atoms with Crippen molar-refractivity contribution in [2.24, 2.45) is 5.73 Å². The number of nitrogens with two attached hydrogens (primary N) is 1. The lowest BCUT2D eigenvalue weighted by Gasteiger charge is -2.00. The smallest absolute Gasteiger partial charge is 0.273 e. The molecule has 0 aliphatic carbocycles. The maximum atomic E-state index is 11.9. The van der Waals surface area contributed by atoms with Crippen LogP contribution in [-0.2, 0) is 10.0 Å². The lowest BCUT2D eigenvalue weighted by Crippen LogP contribution is -2.11. The van der Waals surface area contributed by atoms with Crippen LogP contribution in [0, 0.1) is 0 Å². The molecule has 17 heavy (non-hydrogen) atoms. The molecule has 2 aromatic heterocycles. The zero-order valence-corrected chi connectivity index (χ0v) is 11.4. The Morgan fingerprint density at radius 3 is 2.76 bits per heavy atom.